The molecule has 0 saturated carbocycles. The van der Waals surface area contributed by atoms with Crippen molar-refractivity contribution < 1.29 is 9.90 Å². The largest absolute Gasteiger partial charge is 0.396 e. The Morgan fingerprint density at radius 3 is 2.43 bits per heavy atom. The molecular formula is C17H28N2O2. The first-order valence-electron chi connectivity index (χ1n) is 7.72. The number of aliphatic hydroxyl groups excluding tert-OH is 1. The predicted octanol–water partition coefficient (Wildman–Crippen LogP) is 2.84. The minimum absolute atomic E-state index is 0.0111. The quantitative estimate of drug-likeness (QED) is 0.688. The lowest BCUT2D eigenvalue weighted by atomic mass is 10.0. The van der Waals surface area contributed by atoms with Crippen molar-refractivity contribution >= 4 is 11.6 Å². The Morgan fingerprint density at radius 1 is 1.19 bits per heavy atom. The van der Waals surface area contributed by atoms with Crippen molar-refractivity contribution in [1.29, 1.82) is 0 Å². The number of aliphatic hydroxyl groups is 1. The van der Waals surface area contributed by atoms with Crippen molar-refractivity contribution in [2.24, 2.45) is 0 Å². The fraction of sp³-hybridized carbons (Fsp3) is 0.588. The third kappa shape index (κ3) is 7.25. The molecule has 0 aliphatic rings. The summed E-state index contributed by atoms with van der Waals surface area (Å²) in [6.07, 6.45) is 2.84. The highest BCUT2D eigenvalue weighted by Crippen LogP contribution is 2.17. The molecule has 1 rings (SSSR count). The molecule has 0 spiro atoms. The molecule has 21 heavy (non-hydrogen) atoms. The van der Waals surface area contributed by atoms with Gasteiger partial charge in [-0.05, 0) is 56.5 Å². The van der Waals surface area contributed by atoms with E-state index >= 15 is 0 Å². The van der Waals surface area contributed by atoms with Crippen molar-refractivity contribution in [2.45, 2.75) is 39.0 Å². The highest BCUT2D eigenvalue weighted by atomic mass is 16.2. The number of anilines is 1. The highest BCUT2D eigenvalue weighted by molar-refractivity contribution is 5.92. The summed E-state index contributed by atoms with van der Waals surface area (Å²) >= 11 is 0. The molecule has 0 aliphatic carbocycles. The Morgan fingerprint density at radius 2 is 1.86 bits per heavy atom. The van der Waals surface area contributed by atoms with Gasteiger partial charge in [0.25, 0.3) is 0 Å². The Balaban J connectivity index is 2.32. The maximum absolute atomic E-state index is 11.9. The smallest absolute Gasteiger partial charge is 0.238 e. The zero-order chi connectivity index (χ0) is 15.7. The number of benzene rings is 1. The number of rotatable bonds is 9. The van der Waals surface area contributed by atoms with E-state index in [1.54, 1.807) is 0 Å². The molecule has 0 saturated heterocycles. The van der Waals surface area contributed by atoms with E-state index in [1.165, 1.54) is 5.56 Å². The summed E-state index contributed by atoms with van der Waals surface area (Å²) in [6.45, 7) is 5.82. The van der Waals surface area contributed by atoms with Crippen LogP contribution in [0.25, 0.3) is 0 Å². The Kier molecular flexibility index (Phi) is 8.01. The van der Waals surface area contributed by atoms with Crippen LogP contribution in [0.2, 0.25) is 0 Å². The van der Waals surface area contributed by atoms with E-state index in [4.69, 9.17) is 5.11 Å². The Bertz CT molecular complexity index is 415. The average Bonchev–Trinajstić information content (AvgIpc) is 2.44. The summed E-state index contributed by atoms with van der Waals surface area (Å²) in [7, 11) is 1.94. The molecule has 0 radical (unpaired) electrons. The lowest BCUT2D eigenvalue weighted by Gasteiger charge is -2.16. The standard InChI is InChI=1S/C17H28N2O2/c1-14(2)15-7-9-16(10-8-15)18-17(21)13-19(3)11-5-4-6-12-20/h7-10,14,20H,4-6,11-13H2,1-3H3,(H,18,21). The van der Waals surface area contributed by atoms with Gasteiger partial charge < -0.3 is 10.4 Å². The van der Waals surface area contributed by atoms with Gasteiger partial charge >= 0.3 is 0 Å². The second-order valence-corrected chi connectivity index (χ2v) is 5.85. The average molecular weight is 292 g/mol. The van der Waals surface area contributed by atoms with Gasteiger partial charge in [-0.25, -0.2) is 0 Å². The van der Waals surface area contributed by atoms with Gasteiger partial charge in [-0.2, -0.15) is 0 Å². The molecule has 1 amide bonds. The van der Waals surface area contributed by atoms with E-state index in [9.17, 15) is 4.79 Å². The third-order valence-electron chi connectivity index (χ3n) is 3.47. The molecule has 1 aromatic carbocycles. The number of hydrogen-bond donors (Lipinski definition) is 2. The molecule has 0 bridgehead atoms. The molecule has 4 heteroatoms. The van der Waals surface area contributed by atoms with E-state index in [0.717, 1.165) is 31.5 Å². The summed E-state index contributed by atoms with van der Waals surface area (Å²) in [5, 5.41) is 11.6. The monoisotopic (exact) mass is 292 g/mol. The molecular weight excluding hydrogens is 264 g/mol. The van der Waals surface area contributed by atoms with Crippen LogP contribution in [0.15, 0.2) is 24.3 Å². The minimum Gasteiger partial charge on any atom is -0.396 e. The van der Waals surface area contributed by atoms with Gasteiger partial charge in [0.05, 0.1) is 6.54 Å². The van der Waals surface area contributed by atoms with Gasteiger partial charge in [0.1, 0.15) is 0 Å². The maximum Gasteiger partial charge on any atom is 0.238 e. The first-order chi connectivity index (χ1) is 10.0. The zero-order valence-electron chi connectivity index (χ0n) is 13.4. The summed E-state index contributed by atoms with van der Waals surface area (Å²) in [6, 6.07) is 8.01. The van der Waals surface area contributed by atoms with Gasteiger partial charge in [-0.1, -0.05) is 26.0 Å². The van der Waals surface area contributed by atoms with E-state index < -0.39 is 0 Å². The molecule has 0 fully saturated rings. The van der Waals surface area contributed by atoms with Crippen molar-refractivity contribution in [3.63, 3.8) is 0 Å². The number of amides is 1. The van der Waals surface area contributed by atoms with Gasteiger partial charge in [-0.15, -0.1) is 0 Å². The first-order valence-corrected chi connectivity index (χ1v) is 7.72. The van der Waals surface area contributed by atoms with Crippen LogP contribution in [-0.2, 0) is 4.79 Å². The van der Waals surface area contributed by atoms with Crippen LogP contribution in [0.4, 0.5) is 5.69 Å². The molecule has 1 aromatic rings. The maximum atomic E-state index is 11.9. The van der Waals surface area contributed by atoms with Crippen molar-refractivity contribution in [3.05, 3.63) is 29.8 Å². The van der Waals surface area contributed by atoms with Crippen LogP contribution >= 0.6 is 0 Å². The molecule has 118 valence electrons. The summed E-state index contributed by atoms with van der Waals surface area (Å²) < 4.78 is 0. The van der Waals surface area contributed by atoms with E-state index in [0.29, 0.717) is 12.5 Å². The zero-order valence-corrected chi connectivity index (χ0v) is 13.4. The lowest BCUT2D eigenvalue weighted by molar-refractivity contribution is -0.117. The fourth-order valence-electron chi connectivity index (χ4n) is 2.15. The number of carbonyl (C=O) groups is 1. The molecule has 0 atom stereocenters. The fourth-order valence-corrected chi connectivity index (χ4v) is 2.15. The number of carbonyl (C=O) groups excluding carboxylic acids is 1. The van der Waals surface area contributed by atoms with Gasteiger partial charge in [-0.3, -0.25) is 9.69 Å². The number of unbranched alkanes of at least 4 members (excludes halogenated alkanes) is 2. The topological polar surface area (TPSA) is 52.6 Å². The molecule has 0 aliphatic heterocycles. The predicted molar refractivity (Wildman–Crippen MR) is 87.6 cm³/mol. The summed E-state index contributed by atoms with van der Waals surface area (Å²) in [4.78, 5) is 13.9. The van der Waals surface area contributed by atoms with Crippen LogP contribution in [0.1, 0.15) is 44.6 Å². The van der Waals surface area contributed by atoms with E-state index in [-0.39, 0.29) is 12.5 Å². The Labute approximate surface area is 128 Å². The normalized spacial score (nSPS) is 11.1. The van der Waals surface area contributed by atoms with Gasteiger partial charge in [0.2, 0.25) is 5.91 Å². The summed E-state index contributed by atoms with van der Waals surface area (Å²) in [5.41, 5.74) is 2.12. The molecule has 2 N–H and O–H groups in total. The van der Waals surface area contributed by atoms with Crippen molar-refractivity contribution in [1.82, 2.24) is 4.90 Å². The molecule has 0 heterocycles. The van der Waals surface area contributed by atoms with Crippen LogP contribution in [0, 0.1) is 0 Å². The van der Waals surface area contributed by atoms with E-state index in [1.807, 2.05) is 24.1 Å². The number of hydrogen-bond acceptors (Lipinski definition) is 3. The second kappa shape index (κ2) is 9.53. The SMILES string of the molecule is CC(C)c1ccc(NC(=O)CN(C)CCCCCO)cc1. The Hall–Kier alpha value is -1.39. The van der Waals surface area contributed by atoms with Crippen molar-refractivity contribution in [2.75, 3.05) is 32.1 Å². The number of nitrogens with one attached hydrogen (secondary N) is 1. The van der Waals surface area contributed by atoms with E-state index in [2.05, 4.69) is 31.3 Å². The highest BCUT2D eigenvalue weighted by Gasteiger charge is 2.07. The van der Waals surface area contributed by atoms with Crippen molar-refractivity contribution in [3.8, 4) is 0 Å². The third-order valence-corrected chi connectivity index (χ3v) is 3.47. The molecule has 0 unspecified atom stereocenters. The van der Waals surface area contributed by atoms with Crippen LogP contribution < -0.4 is 5.32 Å². The van der Waals surface area contributed by atoms with Gasteiger partial charge in [0.15, 0.2) is 0 Å². The number of likely N-dealkylation sites (N-methyl/N-ethyl adjacent to an activating group) is 1. The number of nitrogens with zero attached hydrogens (tertiary/aromatic N) is 1. The summed E-state index contributed by atoms with van der Waals surface area (Å²) in [5.74, 6) is 0.511. The van der Waals surface area contributed by atoms with Crippen LogP contribution in [0.3, 0.4) is 0 Å². The van der Waals surface area contributed by atoms with Crippen LogP contribution in [-0.4, -0.2) is 42.7 Å². The first kappa shape index (κ1) is 17.7. The van der Waals surface area contributed by atoms with Gasteiger partial charge in [0, 0.05) is 12.3 Å². The minimum atomic E-state index is 0.0111. The molecule has 4 nitrogen and oxygen atoms in total. The molecule has 0 aromatic heterocycles. The second-order valence-electron chi connectivity index (χ2n) is 5.85. The van der Waals surface area contributed by atoms with Crippen LogP contribution in [0.5, 0.6) is 0 Å². The lowest BCUT2D eigenvalue weighted by Crippen LogP contribution is -2.30.